The molecule has 1 fully saturated rings. The number of amides is 2. The first-order valence-corrected chi connectivity index (χ1v) is 16.1. The predicted molar refractivity (Wildman–Crippen MR) is 181 cm³/mol. The lowest BCUT2D eigenvalue weighted by Gasteiger charge is -2.36. The van der Waals surface area contributed by atoms with Crippen LogP contribution in [0.5, 0.6) is 0 Å². The van der Waals surface area contributed by atoms with Crippen molar-refractivity contribution >= 4 is 22.8 Å². The summed E-state index contributed by atoms with van der Waals surface area (Å²) in [7, 11) is 0. The van der Waals surface area contributed by atoms with Gasteiger partial charge in [-0.2, -0.15) is 0 Å². The van der Waals surface area contributed by atoms with E-state index in [1.807, 2.05) is 97.3 Å². The van der Waals surface area contributed by atoms with Gasteiger partial charge < -0.3 is 19.1 Å². The number of aliphatic hydroxyl groups excluding tert-OH is 1. The normalized spacial score (nSPS) is 19.2. The Morgan fingerprint density at radius 2 is 1.42 bits per heavy atom. The topological polar surface area (TPSA) is 93.9 Å². The molecule has 3 atom stereocenters. The van der Waals surface area contributed by atoms with E-state index < -0.39 is 6.29 Å². The molecule has 1 aromatic heterocycles. The Morgan fingerprint density at radius 3 is 2.17 bits per heavy atom. The number of hydrogen-bond acceptors (Lipinski definition) is 6. The third kappa shape index (κ3) is 5.71. The molecule has 8 rings (SSSR count). The summed E-state index contributed by atoms with van der Waals surface area (Å²) in [6, 6.07) is 39.0. The number of benzene rings is 5. The summed E-state index contributed by atoms with van der Waals surface area (Å²) in [5.74, 6) is -0.528. The third-order valence-corrected chi connectivity index (χ3v) is 9.20. The van der Waals surface area contributed by atoms with Gasteiger partial charge in [0.1, 0.15) is 0 Å². The van der Waals surface area contributed by atoms with Crippen molar-refractivity contribution in [2.24, 2.45) is 0 Å². The van der Waals surface area contributed by atoms with Crippen LogP contribution < -0.4 is 0 Å². The van der Waals surface area contributed by atoms with Crippen LogP contribution >= 0.6 is 0 Å². The maximum atomic E-state index is 12.9. The molecule has 2 amide bonds. The number of carbonyl (C=O) groups is 2. The van der Waals surface area contributed by atoms with E-state index in [-0.39, 0.29) is 37.2 Å². The SMILES string of the molecule is O=C1c2ccccc2C(=O)N1Cc1cccc(-c2ccc([C@H]3O[C@@H](Cn4cnc5ccccc54)C[C@@H](c4ccc(CO)cc4)O3)cc2)c1. The van der Waals surface area contributed by atoms with Crippen molar-refractivity contribution in [3.8, 4) is 11.1 Å². The summed E-state index contributed by atoms with van der Waals surface area (Å²) < 4.78 is 15.3. The molecule has 2 aliphatic heterocycles. The summed E-state index contributed by atoms with van der Waals surface area (Å²) in [5, 5.41) is 9.55. The van der Waals surface area contributed by atoms with Crippen molar-refractivity contribution < 1.29 is 24.2 Å². The molecule has 0 unspecified atom stereocenters. The van der Waals surface area contributed by atoms with Gasteiger partial charge in [-0.05, 0) is 58.1 Å². The predicted octanol–water partition coefficient (Wildman–Crippen LogP) is 7.24. The van der Waals surface area contributed by atoms with Crippen molar-refractivity contribution in [2.45, 2.75) is 44.6 Å². The molecule has 3 heterocycles. The van der Waals surface area contributed by atoms with Crippen LogP contribution in [0, 0.1) is 0 Å². The third-order valence-electron chi connectivity index (χ3n) is 9.20. The maximum Gasteiger partial charge on any atom is 0.261 e. The zero-order valence-electron chi connectivity index (χ0n) is 26.1. The minimum Gasteiger partial charge on any atom is -0.392 e. The quantitative estimate of drug-likeness (QED) is 0.177. The molecular formula is C40H33N3O5. The van der Waals surface area contributed by atoms with E-state index >= 15 is 0 Å². The second-order valence-corrected chi connectivity index (χ2v) is 12.3. The van der Waals surface area contributed by atoms with E-state index in [4.69, 9.17) is 9.47 Å². The minimum absolute atomic E-state index is 0.00804. The van der Waals surface area contributed by atoms with Crippen molar-refractivity contribution in [2.75, 3.05) is 0 Å². The van der Waals surface area contributed by atoms with Gasteiger partial charge in [-0.3, -0.25) is 14.5 Å². The molecule has 8 nitrogen and oxygen atoms in total. The average molecular weight is 636 g/mol. The Hall–Kier alpha value is -5.41. The fourth-order valence-corrected chi connectivity index (χ4v) is 6.66. The zero-order chi connectivity index (χ0) is 32.6. The molecular weight excluding hydrogens is 602 g/mol. The second kappa shape index (κ2) is 12.7. The highest BCUT2D eigenvalue weighted by Crippen LogP contribution is 2.39. The van der Waals surface area contributed by atoms with Crippen LogP contribution in [0.15, 0.2) is 128 Å². The van der Waals surface area contributed by atoms with Crippen LogP contribution in [0.4, 0.5) is 0 Å². The van der Waals surface area contributed by atoms with Crippen molar-refractivity contribution in [1.82, 2.24) is 14.5 Å². The number of fused-ring (bicyclic) bond motifs is 2. The number of imide groups is 1. The van der Waals surface area contributed by atoms with E-state index in [2.05, 4.69) is 15.6 Å². The molecule has 6 aromatic rings. The standard InChI is InChI=1S/C40H33N3O5/c44-24-26-12-14-29(15-13-26)37-21-32(23-42-25-41-35-10-3-4-11-36(35)42)47-40(48-37)30-18-16-28(17-19-30)31-7-5-6-27(20-31)22-43-38(45)33-8-1-2-9-34(33)39(43)46/h1-20,25,32,37,40,44H,21-24H2/t32-,37+,40+/m1/s1. The first-order chi connectivity index (χ1) is 23.5. The smallest absolute Gasteiger partial charge is 0.261 e. The number of rotatable bonds is 8. The summed E-state index contributed by atoms with van der Waals surface area (Å²) in [6.07, 6.45) is 1.60. The summed E-state index contributed by atoms with van der Waals surface area (Å²) in [4.78, 5) is 31.7. The van der Waals surface area contributed by atoms with Gasteiger partial charge >= 0.3 is 0 Å². The molecule has 0 bridgehead atoms. The number of ether oxygens (including phenoxy) is 2. The lowest BCUT2D eigenvalue weighted by Crippen LogP contribution is -2.32. The highest BCUT2D eigenvalue weighted by molar-refractivity contribution is 6.21. The van der Waals surface area contributed by atoms with Gasteiger partial charge in [-0.1, -0.05) is 91.0 Å². The summed E-state index contributed by atoms with van der Waals surface area (Å²) >= 11 is 0. The lowest BCUT2D eigenvalue weighted by atomic mass is 9.99. The molecule has 5 aromatic carbocycles. The van der Waals surface area contributed by atoms with Crippen LogP contribution in [0.2, 0.25) is 0 Å². The van der Waals surface area contributed by atoms with Gasteiger partial charge in [0, 0.05) is 12.0 Å². The van der Waals surface area contributed by atoms with Crippen molar-refractivity contribution in [3.63, 3.8) is 0 Å². The molecule has 2 aliphatic rings. The van der Waals surface area contributed by atoms with Gasteiger partial charge in [-0.15, -0.1) is 0 Å². The molecule has 0 aliphatic carbocycles. The van der Waals surface area contributed by atoms with Gasteiger partial charge in [-0.25, -0.2) is 4.98 Å². The Bertz CT molecular complexity index is 2090. The Kier molecular flexibility index (Phi) is 7.90. The first kappa shape index (κ1) is 30.0. The van der Waals surface area contributed by atoms with Crippen LogP contribution in [-0.4, -0.2) is 37.5 Å². The highest BCUT2D eigenvalue weighted by atomic mass is 16.7. The number of aliphatic hydroxyl groups is 1. The van der Waals surface area contributed by atoms with Crippen LogP contribution in [0.25, 0.3) is 22.2 Å². The van der Waals surface area contributed by atoms with Gasteiger partial charge in [0.05, 0.1) is 60.4 Å². The summed E-state index contributed by atoms with van der Waals surface area (Å²) in [5.41, 5.74) is 8.54. The molecule has 0 saturated carbocycles. The maximum absolute atomic E-state index is 12.9. The number of hydrogen-bond donors (Lipinski definition) is 1. The number of imidazole rings is 1. The van der Waals surface area contributed by atoms with Crippen molar-refractivity contribution in [3.05, 3.63) is 161 Å². The Balaban J connectivity index is 1.02. The van der Waals surface area contributed by atoms with Gasteiger partial charge in [0.2, 0.25) is 0 Å². The molecule has 1 saturated heterocycles. The lowest BCUT2D eigenvalue weighted by molar-refractivity contribution is -0.252. The number of nitrogens with zero attached hydrogens (tertiary/aromatic N) is 3. The fraction of sp³-hybridized carbons (Fsp3) is 0.175. The van der Waals surface area contributed by atoms with Gasteiger partial charge in [0.25, 0.3) is 11.8 Å². The summed E-state index contributed by atoms with van der Waals surface area (Å²) in [6.45, 7) is 0.825. The number of carbonyl (C=O) groups excluding carboxylic acids is 2. The molecule has 0 radical (unpaired) electrons. The molecule has 8 heteroatoms. The molecule has 0 spiro atoms. The van der Waals surface area contributed by atoms with Gasteiger partial charge in [0.15, 0.2) is 6.29 Å². The number of para-hydroxylation sites is 2. The zero-order valence-corrected chi connectivity index (χ0v) is 26.1. The molecule has 238 valence electrons. The number of aromatic nitrogens is 2. The minimum atomic E-state index is -0.588. The largest absolute Gasteiger partial charge is 0.392 e. The van der Waals surface area contributed by atoms with E-state index in [1.54, 1.807) is 24.3 Å². The Labute approximate surface area is 277 Å². The van der Waals surface area contributed by atoms with E-state index in [9.17, 15) is 14.7 Å². The van der Waals surface area contributed by atoms with Crippen LogP contribution in [0.3, 0.4) is 0 Å². The Morgan fingerprint density at radius 1 is 0.708 bits per heavy atom. The fourth-order valence-electron chi connectivity index (χ4n) is 6.66. The molecule has 1 N–H and O–H groups in total. The van der Waals surface area contributed by atoms with Crippen LogP contribution in [-0.2, 0) is 29.2 Å². The first-order valence-electron chi connectivity index (χ1n) is 16.1. The molecule has 48 heavy (non-hydrogen) atoms. The second-order valence-electron chi connectivity index (χ2n) is 12.3. The highest BCUT2D eigenvalue weighted by Gasteiger charge is 2.35. The van der Waals surface area contributed by atoms with E-state index in [0.29, 0.717) is 24.1 Å². The van der Waals surface area contributed by atoms with E-state index in [0.717, 1.165) is 44.4 Å². The average Bonchev–Trinajstić information content (AvgIpc) is 3.65. The van der Waals surface area contributed by atoms with E-state index in [1.165, 1.54) is 4.90 Å². The van der Waals surface area contributed by atoms with Crippen molar-refractivity contribution in [1.29, 1.82) is 0 Å². The van der Waals surface area contributed by atoms with Crippen LogP contribution in [0.1, 0.15) is 61.8 Å². The monoisotopic (exact) mass is 635 g/mol.